The molecule has 0 bridgehead atoms. The van der Waals surface area contributed by atoms with Gasteiger partial charge < -0.3 is 19.7 Å². The van der Waals surface area contributed by atoms with E-state index in [4.69, 9.17) is 4.74 Å². The van der Waals surface area contributed by atoms with Crippen LogP contribution in [-0.2, 0) is 9.47 Å². The molecule has 0 aliphatic heterocycles. The van der Waals surface area contributed by atoms with E-state index in [0.29, 0.717) is 44.2 Å². The minimum atomic E-state index is -0.426. The van der Waals surface area contributed by atoms with Crippen molar-refractivity contribution in [2.75, 3.05) is 13.7 Å². The molecule has 0 saturated heterocycles. The summed E-state index contributed by atoms with van der Waals surface area (Å²) in [6.45, 7) is 2.34. The first-order valence-corrected chi connectivity index (χ1v) is 39.4. The topological polar surface area (TPSA) is 98.7 Å². The Hall–Kier alpha value is 4.82. The van der Waals surface area contributed by atoms with E-state index in [-0.39, 0.29) is 76.6 Å². The van der Waals surface area contributed by atoms with Gasteiger partial charge in [-0.3, -0.25) is 0 Å². The van der Waals surface area contributed by atoms with E-state index in [0.717, 1.165) is 6.42 Å². The molecule has 6 nitrogen and oxygen atoms in total. The predicted molar refractivity (Wildman–Crippen MR) is 168 cm³/mol. The third-order valence-electron chi connectivity index (χ3n) is 2.80. The molecule has 186 valence electrons. The minimum absolute atomic E-state index is 0. The molecule has 0 amide bonds. The third kappa shape index (κ3) is 31.3. The first-order chi connectivity index (χ1) is 15.3. The number of carbonyl (C=O) groups excluding carboxylic acids is 2. The Morgan fingerprint density at radius 3 is 1.32 bits per heavy atom. The maximum Gasteiger partial charge on any atom is 1.00 e. The van der Waals surface area contributed by atoms with E-state index in [1.807, 2.05) is 6.92 Å². The van der Waals surface area contributed by atoms with Gasteiger partial charge in [-0.15, -0.1) is 11.5 Å². The van der Waals surface area contributed by atoms with E-state index >= 15 is 0 Å². The van der Waals surface area contributed by atoms with Gasteiger partial charge in [-0.2, -0.15) is 0 Å². The molecule has 16 heteroatoms. The molecular formula is C18H18I8Na2O6-2. The van der Waals surface area contributed by atoms with Gasteiger partial charge in [-0.05, 0) is 30.7 Å². The maximum absolute atomic E-state index is 11.2. The van der Waals surface area contributed by atoms with Crippen LogP contribution in [0.1, 0.15) is 34.1 Å². The molecular weight excluding hydrogens is 1370 g/mol. The van der Waals surface area contributed by atoms with Crippen LogP contribution in [-0.4, -0.2) is 25.7 Å². The van der Waals surface area contributed by atoms with E-state index < -0.39 is 5.97 Å². The van der Waals surface area contributed by atoms with Crippen molar-refractivity contribution in [2.24, 2.45) is 0 Å². The van der Waals surface area contributed by atoms with Crippen molar-refractivity contribution in [1.29, 1.82) is 0 Å². The molecule has 0 aromatic heterocycles. The Labute approximate surface area is 328 Å². The monoisotopic (exact) mass is 1390 g/mol. The molecule has 0 fully saturated rings. The van der Waals surface area contributed by atoms with Crippen molar-refractivity contribution in [3.8, 4) is 11.5 Å². The van der Waals surface area contributed by atoms with Gasteiger partial charge in [-0.25, -0.2) is 9.59 Å². The second-order valence-corrected chi connectivity index (χ2v) is 37.3. The Morgan fingerprint density at radius 2 is 1.06 bits per heavy atom. The van der Waals surface area contributed by atoms with Gasteiger partial charge >= 0.3 is 172 Å². The fraction of sp³-hybridized carbons (Fsp3) is 0.222. The van der Waals surface area contributed by atoms with E-state index in [2.05, 4.69) is 116 Å². The summed E-state index contributed by atoms with van der Waals surface area (Å²) in [7, 11) is 1.30. The molecule has 0 spiro atoms. The zero-order valence-electron chi connectivity index (χ0n) is 18.5. The number of benzene rings is 2. The molecule has 0 aliphatic rings. The Balaban J connectivity index is -0.000000122. The van der Waals surface area contributed by atoms with E-state index in [1.54, 1.807) is 0 Å². The number of hydrogen-bond acceptors (Lipinski definition) is 6. The normalized spacial score (nSPS) is 8.12. The number of hydrogen-bond donors (Lipinski definition) is 0. The van der Waals surface area contributed by atoms with Crippen molar-refractivity contribution < 1.29 is 115 Å². The zero-order chi connectivity index (χ0) is 25.4. The maximum atomic E-state index is 11.2. The molecule has 0 radical (unpaired) electrons. The molecule has 0 unspecified atom stereocenters. The summed E-state index contributed by atoms with van der Waals surface area (Å²) in [6.07, 6.45) is 0.797. The molecule has 34 heavy (non-hydrogen) atoms. The Morgan fingerprint density at radius 1 is 0.765 bits per heavy atom. The summed E-state index contributed by atoms with van der Waals surface area (Å²) in [5.74, 6) is -1.02. The number of ether oxygens (including phenoxy) is 2. The van der Waals surface area contributed by atoms with Crippen molar-refractivity contribution >= 4 is 124 Å². The molecule has 2 aromatic rings. The molecule has 0 saturated carbocycles. The van der Waals surface area contributed by atoms with Crippen LogP contribution in [0.15, 0.2) is 48.5 Å². The molecule has 0 heterocycles. The molecule has 0 aliphatic carbocycles. The second kappa shape index (κ2) is 37.8. The smallest absolute Gasteiger partial charge is 1.00 e. The van der Waals surface area contributed by atoms with Gasteiger partial charge in [-0.1, -0.05) is 31.2 Å². The van der Waals surface area contributed by atoms with Crippen LogP contribution in [0.4, 0.5) is 0 Å². The fourth-order valence-corrected chi connectivity index (χ4v) is 1.58. The van der Waals surface area contributed by atoms with Gasteiger partial charge in [0.05, 0.1) is 24.8 Å². The van der Waals surface area contributed by atoms with Crippen LogP contribution in [0.3, 0.4) is 0 Å². The number of esters is 2. The first kappa shape index (κ1) is 48.5. The van der Waals surface area contributed by atoms with Crippen LogP contribution >= 0.6 is 112 Å². The van der Waals surface area contributed by atoms with Crippen molar-refractivity contribution in [3.63, 3.8) is 0 Å². The van der Waals surface area contributed by atoms with Crippen LogP contribution in [0.25, 0.3) is 0 Å². The van der Waals surface area contributed by atoms with Gasteiger partial charge in [0, 0.05) is 37.2 Å². The summed E-state index contributed by atoms with van der Waals surface area (Å²) in [6, 6.07) is 11.2. The summed E-state index contributed by atoms with van der Waals surface area (Å²) in [4.78, 5) is 22.0. The number of rotatable bonds is 4. The quantitative estimate of drug-likeness (QED) is 0.174. The van der Waals surface area contributed by atoms with Gasteiger partial charge in [0.2, 0.25) is 0 Å². The fourth-order valence-electron chi connectivity index (χ4n) is 1.58. The third-order valence-corrected chi connectivity index (χ3v) is 2.80. The summed E-state index contributed by atoms with van der Waals surface area (Å²) >= 11 is 14.8. The summed E-state index contributed by atoms with van der Waals surface area (Å²) in [5.41, 5.74) is 0.820. The first-order valence-electron chi connectivity index (χ1n) is 7.99. The Bertz CT molecular complexity index is 711. The second-order valence-electron chi connectivity index (χ2n) is 4.78. The molecule has 2 aromatic carbocycles. The van der Waals surface area contributed by atoms with Crippen LogP contribution < -0.4 is 95.8 Å². The van der Waals surface area contributed by atoms with E-state index in [9.17, 15) is 19.8 Å². The van der Waals surface area contributed by atoms with Gasteiger partial charge in [0.1, 0.15) is 0 Å². The SMILES string of the molecule is CCCOC(=O)c1ccc([O-])cc1.COC(=O)c1ccc([O-])cc1.II.I[I-]I.I[I-]I.[Na+].[Na+]. The van der Waals surface area contributed by atoms with Crippen LogP contribution in [0.2, 0.25) is 0 Å². The average Bonchev–Trinajstić information content (AvgIpc) is 2.81. The van der Waals surface area contributed by atoms with Crippen molar-refractivity contribution in [1.82, 2.24) is 0 Å². The molecule has 2 rings (SSSR count). The Kier molecular flexibility index (Phi) is 54.0. The summed E-state index contributed by atoms with van der Waals surface area (Å²) in [5, 5.41) is 21.3. The average molecular weight is 1390 g/mol. The van der Waals surface area contributed by atoms with Crippen molar-refractivity contribution in [3.05, 3.63) is 59.7 Å². The van der Waals surface area contributed by atoms with Gasteiger partial charge in [0.25, 0.3) is 0 Å². The van der Waals surface area contributed by atoms with Crippen LogP contribution in [0, 0.1) is 0 Å². The number of carbonyl (C=O) groups is 2. The minimum Gasteiger partial charge on any atom is 1.00 e. The molecule has 0 atom stereocenters. The predicted octanol–water partition coefficient (Wildman–Crippen LogP) is -4.80. The summed E-state index contributed by atoms with van der Waals surface area (Å²) < 4.78 is 9.31. The van der Waals surface area contributed by atoms with E-state index in [1.165, 1.54) is 55.6 Å². The zero-order valence-corrected chi connectivity index (χ0v) is 39.8. The van der Waals surface area contributed by atoms with Crippen molar-refractivity contribution in [2.45, 2.75) is 13.3 Å². The molecule has 0 N–H and O–H groups in total. The van der Waals surface area contributed by atoms with Gasteiger partial charge in [0.15, 0.2) is 0 Å². The standard InChI is InChI=1S/C10H12O3.C8H8O3.2I3.I2.2Na/c1-2-7-13-10(12)8-3-5-9(11)6-4-8;1-11-8(10)6-2-4-7(9)5-3-6;2*1-3-2;1-2;;/h3-6,11H,2,7H2,1H3;2-5,9H,1H3;;;;;/q;;2*-1;;2*+1/p-2. The number of halogens is 8. The van der Waals surface area contributed by atoms with Crippen LogP contribution in [0.5, 0.6) is 11.5 Å². The largest absolute Gasteiger partial charge is 1.00 e. The number of methoxy groups -OCH3 is 1.